The van der Waals surface area contributed by atoms with Crippen molar-refractivity contribution < 1.29 is 9.47 Å². The zero-order valence-corrected chi connectivity index (χ0v) is 30.7. The molecule has 0 radical (unpaired) electrons. The van der Waals surface area contributed by atoms with Gasteiger partial charge in [-0.2, -0.15) is 0 Å². The molecule has 0 aliphatic heterocycles. The third-order valence-electron chi connectivity index (χ3n) is 8.86. The summed E-state index contributed by atoms with van der Waals surface area (Å²) in [5.74, 6) is 1.86. The molecule has 1 aliphatic carbocycles. The first kappa shape index (κ1) is 34.5. The van der Waals surface area contributed by atoms with Gasteiger partial charge < -0.3 is 9.47 Å². The molecule has 0 N–H and O–H groups in total. The molecule has 2 nitrogen and oxygen atoms in total. The SMILES string of the molecule is CCCCCCCCOc1ccc(C(=C2c3cc(Br)ccc3-c3ccc(Br)cc32)c2ccc(OCCCCCCCC)cc2)cc1. The van der Waals surface area contributed by atoms with Crippen LogP contribution < -0.4 is 9.47 Å². The van der Waals surface area contributed by atoms with Gasteiger partial charge in [-0.1, -0.05) is 146 Å². The Bertz CT molecular complexity index is 1450. The van der Waals surface area contributed by atoms with Crippen molar-refractivity contribution in [1.82, 2.24) is 0 Å². The van der Waals surface area contributed by atoms with Crippen molar-refractivity contribution in [3.8, 4) is 22.6 Å². The number of hydrogen-bond acceptors (Lipinski definition) is 2. The summed E-state index contributed by atoms with van der Waals surface area (Å²) in [6, 6.07) is 30.6. The molecule has 4 heteroatoms. The molecule has 0 amide bonds. The van der Waals surface area contributed by atoms with Crippen LogP contribution in [0.15, 0.2) is 93.9 Å². The fourth-order valence-electron chi connectivity index (χ4n) is 6.37. The van der Waals surface area contributed by atoms with Gasteiger partial charge in [-0.15, -0.1) is 0 Å². The molecule has 0 saturated carbocycles. The monoisotopic (exact) mass is 742 g/mol. The fourth-order valence-corrected chi connectivity index (χ4v) is 7.09. The number of rotatable bonds is 18. The Morgan fingerprint density at radius 1 is 0.457 bits per heavy atom. The molecule has 46 heavy (non-hydrogen) atoms. The van der Waals surface area contributed by atoms with Gasteiger partial charge in [0.25, 0.3) is 0 Å². The maximum absolute atomic E-state index is 6.17. The molecule has 0 spiro atoms. The Kier molecular flexibility index (Phi) is 13.4. The highest BCUT2D eigenvalue weighted by Crippen LogP contribution is 2.50. The van der Waals surface area contributed by atoms with Crippen molar-refractivity contribution in [2.75, 3.05) is 13.2 Å². The first-order valence-electron chi connectivity index (χ1n) is 17.4. The van der Waals surface area contributed by atoms with E-state index >= 15 is 0 Å². The molecular formula is C42H48Br2O2. The average molecular weight is 745 g/mol. The summed E-state index contributed by atoms with van der Waals surface area (Å²) in [7, 11) is 0. The molecule has 0 aromatic heterocycles. The third-order valence-corrected chi connectivity index (χ3v) is 9.85. The summed E-state index contributed by atoms with van der Waals surface area (Å²) in [4.78, 5) is 0. The fraction of sp³-hybridized carbons (Fsp3) is 0.381. The number of hydrogen-bond donors (Lipinski definition) is 0. The minimum Gasteiger partial charge on any atom is -0.494 e. The minimum atomic E-state index is 0.766. The molecule has 4 aromatic carbocycles. The summed E-state index contributed by atoms with van der Waals surface area (Å²) in [5.41, 5.74) is 9.79. The zero-order chi connectivity index (χ0) is 32.1. The van der Waals surface area contributed by atoms with Gasteiger partial charge >= 0.3 is 0 Å². The molecule has 5 rings (SSSR count). The van der Waals surface area contributed by atoms with Gasteiger partial charge in [0.15, 0.2) is 0 Å². The maximum atomic E-state index is 6.17. The summed E-state index contributed by atoms with van der Waals surface area (Å²) in [6.07, 6.45) is 15.1. The number of halogens is 2. The van der Waals surface area contributed by atoms with Crippen LogP contribution in [0.4, 0.5) is 0 Å². The van der Waals surface area contributed by atoms with E-state index in [1.165, 1.54) is 109 Å². The quantitative estimate of drug-likeness (QED) is 0.0832. The van der Waals surface area contributed by atoms with Gasteiger partial charge in [-0.05, 0) is 106 Å². The first-order valence-corrected chi connectivity index (χ1v) is 19.0. The van der Waals surface area contributed by atoms with Crippen LogP contribution in [0.1, 0.15) is 113 Å². The molecule has 1 aliphatic rings. The summed E-state index contributed by atoms with van der Waals surface area (Å²) >= 11 is 7.52. The molecule has 242 valence electrons. The second-order valence-electron chi connectivity index (χ2n) is 12.4. The molecule has 4 aromatic rings. The van der Waals surface area contributed by atoms with Crippen LogP contribution in [0.5, 0.6) is 11.5 Å². The highest BCUT2D eigenvalue weighted by molar-refractivity contribution is 9.10. The average Bonchev–Trinajstić information content (AvgIpc) is 3.37. The third kappa shape index (κ3) is 9.16. The predicted molar refractivity (Wildman–Crippen MR) is 203 cm³/mol. The lowest BCUT2D eigenvalue weighted by Gasteiger charge is -2.17. The molecule has 0 fully saturated rings. The van der Waals surface area contributed by atoms with Crippen LogP contribution in [-0.2, 0) is 0 Å². The molecular weight excluding hydrogens is 696 g/mol. The van der Waals surface area contributed by atoms with E-state index in [2.05, 4.69) is 131 Å². The molecule has 0 unspecified atom stereocenters. The lowest BCUT2D eigenvalue weighted by molar-refractivity contribution is 0.304. The summed E-state index contributed by atoms with van der Waals surface area (Å²) < 4.78 is 14.5. The van der Waals surface area contributed by atoms with Crippen molar-refractivity contribution in [1.29, 1.82) is 0 Å². The Hall–Kier alpha value is -2.82. The van der Waals surface area contributed by atoms with E-state index in [-0.39, 0.29) is 0 Å². The summed E-state index contributed by atoms with van der Waals surface area (Å²) in [5, 5.41) is 0. The molecule has 0 bridgehead atoms. The van der Waals surface area contributed by atoms with Gasteiger partial charge in [-0.25, -0.2) is 0 Å². The van der Waals surface area contributed by atoms with Crippen LogP contribution in [-0.4, -0.2) is 13.2 Å². The highest BCUT2D eigenvalue weighted by atomic mass is 79.9. The van der Waals surface area contributed by atoms with Crippen LogP contribution in [0, 0.1) is 0 Å². The number of benzene rings is 4. The Morgan fingerprint density at radius 3 is 1.26 bits per heavy atom. The van der Waals surface area contributed by atoms with Crippen LogP contribution in [0.25, 0.3) is 22.3 Å². The van der Waals surface area contributed by atoms with E-state index in [1.807, 2.05) is 0 Å². The number of fused-ring (bicyclic) bond motifs is 3. The van der Waals surface area contributed by atoms with Crippen LogP contribution in [0.3, 0.4) is 0 Å². The van der Waals surface area contributed by atoms with E-state index in [0.717, 1.165) is 46.5 Å². The van der Waals surface area contributed by atoms with E-state index in [0.29, 0.717) is 0 Å². The molecule has 0 saturated heterocycles. The standard InChI is InChI=1S/C42H48Br2O2/c1-3-5-7-9-11-13-27-45-35-21-15-31(16-22-35)41(32-17-23-36(24-18-32)46-28-14-12-10-8-6-4-2)42-39-29-33(43)19-25-37(39)38-26-20-34(44)30-40(38)42/h15-26,29-30H,3-14,27-28H2,1-2H3. The van der Waals surface area contributed by atoms with Gasteiger partial charge in [0, 0.05) is 8.95 Å². The van der Waals surface area contributed by atoms with Gasteiger partial charge in [0.2, 0.25) is 0 Å². The Labute approximate surface area is 293 Å². The number of ether oxygens (including phenoxy) is 2. The van der Waals surface area contributed by atoms with E-state index in [1.54, 1.807) is 0 Å². The van der Waals surface area contributed by atoms with Crippen molar-refractivity contribution in [3.63, 3.8) is 0 Å². The lowest BCUT2D eigenvalue weighted by atomic mass is 9.88. The zero-order valence-electron chi connectivity index (χ0n) is 27.6. The largest absolute Gasteiger partial charge is 0.494 e. The second-order valence-corrected chi connectivity index (χ2v) is 14.2. The Balaban J connectivity index is 1.43. The van der Waals surface area contributed by atoms with Gasteiger partial charge in [0.1, 0.15) is 11.5 Å². The Morgan fingerprint density at radius 2 is 0.848 bits per heavy atom. The first-order chi connectivity index (χ1) is 22.6. The predicted octanol–water partition coefficient (Wildman–Crippen LogP) is 13.7. The lowest BCUT2D eigenvalue weighted by Crippen LogP contribution is -1.99. The van der Waals surface area contributed by atoms with Crippen molar-refractivity contribution in [2.24, 2.45) is 0 Å². The molecule has 0 atom stereocenters. The van der Waals surface area contributed by atoms with E-state index < -0.39 is 0 Å². The highest BCUT2D eigenvalue weighted by Gasteiger charge is 2.28. The number of unbranched alkanes of at least 4 members (excludes halogenated alkanes) is 10. The maximum Gasteiger partial charge on any atom is 0.119 e. The van der Waals surface area contributed by atoms with Crippen molar-refractivity contribution in [3.05, 3.63) is 116 Å². The molecule has 0 heterocycles. The van der Waals surface area contributed by atoms with Gasteiger partial charge in [-0.3, -0.25) is 0 Å². The van der Waals surface area contributed by atoms with Crippen LogP contribution >= 0.6 is 31.9 Å². The van der Waals surface area contributed by atoms with E-state index in [9.17, 15) is 0 Å². The normalized spacial score (nSPS) is 11.8. The van der Waals surface area contributed by atoms with Gasteiger partial charge in [0.05, 0.1) is 13.2 Å². The van der Waals surface area contributed by atoms with Crippen molar-refractivity contribution >= 4 is 43.0 Å². The second kappa shape index (κ2) is 17.9. The van der Waals surface area contributed by atoms with E-state index in [4.69, 9.17) is 9.47 Å². The smallest absolute Gasteiger partial charge is 0.119 e. The minimum absolute atomic E-state index is 0.766. The van der Waals surface area contributed by atoms with Crippen LogP contribution in [0.2, 0.25) is 0 Å². The summed E-state index contributed by atoms with van der Waals surface area (Å²) in [6.45, 7) is 6.06. The topological polar surface area (TPSA) is 18.5 Å². The van der Waals surface area contributed by atoms with Crippen molar-refractivity contribution in [2.45, 2.75) is 90.9 Å².